The highest BCUT2D eigenvalue weighted by molar-refractivity contribution is 7.92. The highest BCUT2D eigenvalue weighted by Crippen LogP contribution is 2.36. The summed E-state index contributed by atoms with van der Waals surface area (Å²) in [6, 6.07) is 13.6. The maximum absolute atomic E-state index is 14.2. The number of anilines is 1. The predicted octanol–water partition coefficient (Wildman–Crippen LogP) is 5.10. The molecule has 0 aromatic heterocycles. The number of carbonyl (C=O) groups excluding carboxylic acids is 2. The van der Waals surface area contributed by atoms with Crippen molar-refractivity contribution in [2.45, 2.75) is 57.6 Å². The molecule has 1 unspecified atom stereocenters. The lowest BCUT2D eigenvalue weighted by molar-refractivity contribution is -0.385. The van der Waals surface area contributed by atoms with Gasteiger partial charge >= 0.3 is 0 Å². The number of hydrogen-bond acceptors (Lipinski definition) is 8. The largest absolute Gasteiger partial charge is 0.497 e. The lowest BCUT2D eigenvalue weighted by Gasteiger charge is -2.33. The van der Waals surface area contributed by atoms with Crippen LogP contribution in [0.15, 0.2) is 65.6 Å². The Bertz CT molecular complexity index is 1670. The lowest BCUT2D eigenvalue weighted by Crippen LogP contribution is -2.54. The third-order valence-corrected chi connectivity index (χ3v) is 8.82. The first-order valence-electron chi connectivity index (χ1n) is 13.8. The van der Waals surface area contributed by atoms with Crippen LogP contribution in [0.25, 0.3) is 0 Å². The fourth-order valence-electron chi connectivity index (χ4n) is 4.43. The number of halogens is 1. The van der Waals surface area contributed by atoms with Gasteiger partial charge in [-0.1, -0.05) is 29.8 Å². The van der Waals surface area contributed by atoms with Crippen molar-refractivity contribution in [2.75, 3.05) is 25.1 Å². The Morgan fingerprint density at radius 1 is 1.02 bits per heavy atom. The van der Waals surface area contributed by atoms with Crippen molar-refractivity contribution >= 4 is 44.8 Å². The number of benzene rings is 3. The summed E-state index contributed by atoms with van der Waals surface area (Å²) in [5, 5.41) is 14.7. The van der Waals surface area contributed by atoms with Crippen LogP contribution in [0.2, 0.25) is 5.02 Å². The Labute approximate surface area is 268 Å². The molecular weight excluding hydrogens is 624 g/mol. The van der Waals surface area contributed by atoms with Crippen molar-refractivity contribution in [3.8, 4) is 11.5 Å². The number of nitrogens with one attached hydrogen (secondary N) is 1. The molecule has 0 spiro atoms. The van der Waals surface area contributed by atoms with Crippen LogP contribution in [0.4, 0.5) is 11.4 Å². The van der Waals surface area contributed by atoms with E-state index in [1.807, 2.05) is 0 Å². The molecule has 242 valence electrons. The Hall–Kier alpha value is -4.36. The van der Waals surface area contributed by atoms with Gasteiger partial charge in [-0.2, -0.15) is 0 Å². The molecule has 3 aromatic carbocycles. The number of nitrogens with zero attached hydrogens (tertiary/aromatic N) is 3. The molecule has 1 N–H and O–H groups in total. The molecule has 2 amide bonds. The minimum atomic E-state index is -4.64. The Balaban J connectivity index is 2.16. The highest BCUT2D eigenvalue weighted by atomic mass is 35.5. The van der Waals surface area contributed by atoms with Crippen molar-refractivity contribution in [3.63, 3.8) is 0 Å². The normalized spacial score (nSPS) is 12.2. The second-order valence-corrected chi connectivity index (χ2v) is 13.6. The Morgan fingerprint density at radius 2 is 1.67 bits per heavy atom. The van der Waals surface area contributed by atoms with Crippen molar-refractivity contribution in [1.29, 1.82) is 0 Å². The van der Waals surface area contributed by atoms with Crippen LogP contribution in [-0.2, 0) is 26.2 Å². The summed E-state index contributed by atoms with van der Waals surface area (Å²) < 4.78 is 39.9. The lowest BCUT2D eigenvalue weighted by atomic mass is 10.1. The van der Waals surface area contributed by atoms with Crippen LogP contribution < -0.4 is 19.1 Å². The number of rotatable bonds is 12. The van der Waals surface area contributed by atoms with E-state index >= 15 is 0 Å². The molecule has 0 heterocycles. The Morgan fingerprint density at radius 3 is 2.22 bits per heavy atom. The number of aryl methyl sites for hydroxylation is 1. The summed E-state index contributed by atoms with van der Waals surface area (Å²) in [4.78, 5) is 39.3. The fourth-order valence-corrected chi connectivity index (χ4v) is 6.03. The molecule has 1 atom stereocenters. The van der Waals surface area contributed by atoms with E-state index in [1.54, 1.807) is 52.0 Å². The SMILES string of the molecule is COc1ccc(CN(C(=O)CN(c2cc(Cl)ccc2OC)S(=O)(=O)c2ccc(C)c([N+](=O)[O-])c2)C(C)C(=O)NC(C)(C)C)cc1. The van der Waals surface area contributed by atoms with Gasteiger partial charge in [-0.3, -0.25) is 24.0 Å². The molecule has 12 nitrogen and oxygen atoms in total. The average Bonchev–Trinajstić information content (AvgIpc) is 2.97. The van der Waals surface area contributed by atoms with Crippen LogP contribution in [0.3, 0.4) is 0 Å². The van der Waals surface area contributed by atoms with Crippen molar-refractivity contribution in [1.82, 2.24) is 10.2 Å². The third kappa shape index (κ3) is 8.64. The first-order chi connectivity index (χ1) is 21.0. The molecule has 0 bridgehead atoms. The summed E-state index contributed by atoms with van der Waals surface area (Å²) in [6.45, 7) is 7.60. The molecule has 0 saturated carbocycles. The van der Waals surface area contributed by atoms with Gasteiger partial charge in [0.2, 0.25) is 11.8 Å². The number of sulfonamides is 1. The first-order valence-corrected chi connectivity index (χ1v) is 15.7. The van der Waals surface area contributed by atoms with E-state index < -0.39 is 55.5 Å². The van der Waals surface area contributed by atoms with Crippen LogP contribution >= 0.6 is 11.6 Å². The number of methoxy groups -OCH3 is 2. The van der Waals surface area contributed by atoms with E-state index in [0.29, 0.717) is 11.3 Å². The van der Waals surface area contributed by atoms with Gasteiger partial charge in [-0.05, 0) is 76.6 Å². The molecule has 0 aliphatic rings. The van der Waals surface area contributed by atoms with Crippen molar-refractivity contribution in [3.05, 3.63) is 86.9 Å². The van der Waals surface area contributed by atoms with Crippen LogP contribution in [0, 0.1) is 17.0 Å². The number of carbonyl (C=O) groups is 2. The highest BCUT2D eigenvalue weighted by Gasteiger charge is 2.35. The molecule has 0 saturated heterocycles. The van der Waals surface area contributed by atoms with Crippen LogP contribution in [-0.4, -0.2) is 62.4 Å². The van der Waals surface area contributed by atoms with E-state index in [4.69, 9.17) is 21.1 Å². The minimum absolute atomic E-state index is 0.0435. The molecule has 0 fully saturated rings. The van der Waals surface area contributed by atoms with Gasteiger partial charge in [0.05, 0.1) is 29.7 Å². The van der Waals surface area contributed by atoms with Crippen LogP contribution in [0.5, 0.6) is 11.5 Å². The zero-order chi connectivity index (χ0) is 33.7. The zero-order valence-electron chi connectivity index (χ0n) is 26.2. The second kappa shape index (κ2) is 14.2. The number of ether oxygens (including phenoxy) is 2. The van der Waals surface area contributed by atoms with E-state index in [0.717, 1.165) is 10.4 Å². The van der Waals surface area contributed by atoms with Gasteiger partial charge in [-0.15, -0.1) is 0 Å². The summed E-state index contributed by atoms with van der Waals surface area (Å²) >= 11 is 6.26. The first kappa shape index (κ1) is 35.1. The van der Waals surface area contributed by atoms with Gasteiger partial charge in [-0.25, -0.2) is 8.42 Å². The number of nitro groups is 1. The molecular formula is C31H37ClN4O8S. The minimum Gasteiger partial charge on any atom is -0.497 e. The average molecular weight is 661 g/mol. The number of nitro benzene ring substituents is 1. The summed E-state index contributed by atoms with van der Waals surface area (Å²) in [5.41, 5.74) is -0.175. The van der Waals surface area contributed by atoms with Crippen molar-refractivity contribution < 1.29 is 32.4 Å². The zero-order valence-corrected chi connectivity index (χ0v) is 27.7. The monoisotopic (exact) mass is 660 g/mol. The smallest absolute Gasteiger partial charge is 0.273 e. The predicted molar refractivity (Wildman–Crippen MR) is 171 cm³/mol. The van der Waals surface area contributed by atoms with Gasteiger partial charge in [0.15, 0.2) is 0 Å². The maximum atomic E-state index is 14.2. The van der Waals surface area contributed by atoms with Gasteiger partial charge in [0.25, 0.3) is 15.7 Å². The van der Waals surface area contributed by atoms with E-state index in [-0.39, 0.29) is 28.6 Å². The standard InChI is InChI=1S/C31H37ClN4O8S/c1-20-8-14-25(17-26(20)36(39)40)45(41,42)35(27-16-23(32)11-15-28(27)44-7)19-29(37)34(21(2)30(38)33-31(3,4)5)18-22-9-12-24(43-6)13-10-22/h8-17,21H,18-19H2,1-7H3,(H,33,38). The summed E-state index contributed by atoms with van der Waals surface area (Å²) in [5.74, 6) is -0.506. The molecule has 45 heavy (non-hydrogen) atoms. The molecule has 0 aliphatic heterocycles. The molecule has 3 rings (SSSR count). The second-order valence-electron chi connectivity index (χ2n) is 11.3. The quantitative estimate of drug-likeness (QED) is 0.208. The van der Waals surface area contributed by atoms with Gasteiger partial charge in [0, 0.05) is 28.7 Å². The van der Waals surface area contributed by atoms with E-state index in [1.165, 1.54) is 56.4 Å². The van der Waals surface area contributed by atoms with Crippen LogP contribution in [0.1, 0.15) is 38.8 Å². The molecule has 14 heteroatoms. The number of amides is 2. The fraction of sp³-hybridized carbons (Fsp3) is 0.355. The molecule has 0 aliphatic carbocycles. The Kier molecular flexibility index (Phi) is 11.1. The van der Waals surface area contributed by atoms with Gasteiger partial charge in [0.1, 0.15) is 24.1 Å². The maximum Gasteiger partial charge on any atom is 0.273 e. The number of hydrogen-bond donors (Lipinski definition) is 1. The van der Waals surface area contributed by atoms with E-state index in [9.17, 15) is 28.1 Å². The molecule has 3 aromatic rings. The molecule has 0 radical (unpaired) electrons. The van der Waals surface area contributed by atoms with Crippen molar-refractivity contribution in [2.24, 2.45) is 0 Å². The van der Waals surface area contributed by atoms with Gasteiger partial charge < -0.3 is 19.7 Å². The van der Waals surface area contributed by atoms with E-state index in [2.05, 4.69) is 5.32 Å². The topological polar surface area (TPSA) is 148 Å². The third-order valence-electron chi connectivity index (χ3n) is 6.83. The summed E-state index contributed by atoms with van der Waals surface area (Å²) in [6.07, 6.45) is 0. The summed E-state index contributed by atoms with van der Waals surface area (Å²) in [7, 11) is -1.79.